The second-order valence-electron chi connectivity index (χ2n) is 3.80. The van der Waals surface area contributed by atoms with Crippen LogP contribution in [-0.2, 0) is 0 Å². The van der Waals surface area contributed by atoms with Gasteiger partial charge in [-0.15, -0.1) is 24.8 Å². The number of hydrogen-bond donors (Lipinski definition) is 2. The molecular formula is C10H17Cl2N3O. The van der Waals surface area contributed by atoms with Crippen LogP contribution in [0, 0.1) is 6.92 Å². The fraction of sp³-hybridized carbons (Fsp3) is 0.600. The van der Waals surface area contributed by atoms with Crippen molar-refractivity contribution in [1.29, 1.82) is 0 Å². The minimum Gasteiger partial charge on any atom is -0.317 e. The molecule has 2 heterocycles. The standard InChI is InChI=1S/C10H15N3O.2ClH/c1-7-6-9(14)13-10(12-7)8-2-4-11-5-3-8;;/h6,8,11H,2-5H2,1H3,(H,12,13,14);2*1H. The van der Waals surface area contributed by atoms with E-state index in [1.54, 1.807) is 0 Å². The van der Waals surface area contributed by atoms with Gasteiger partial charge in [0.05, 0.1) is 0 Å². The molecule has 0 saturated carbocycles. The second-order valence-corrected chi connectivity index (χ2v) is 3.80. The number of piperidine rings is 1. The molecule has 4 nitrogen and oxygen atoms in total. The highest BCUT2D eigenvalue weighted by atomic mass is 35.5. The first-order valence-electron chi connectivity index (χ1n) is 5.04. The van der Waals surface area contributed by atoms with E-state index in [-0.39, 0.29) is 30.4 Å². The van der Waals surface area contributed by atoms with Gasteiger partial charge in [-0.25, -0.2) is 4.98 Å². The Bertz CT molecular complexity index is 375. The summed E-state index contributed by atoms with van der Waals surface area (Å²) in [4.78, 5) is 18.4. The summed E-state index contributed by atoms with van der Waals surface area (Å²) >= 11 is 0. The van der Waals surface area contributed by atoms with E-state index in [1.807, 2.05) is 6.92 Å². The molecule has 0 amide bonds. The zero-order valence-corrected chi connectivity index (χ0v) is 10.8. The lowest BCUT2D eigenvalue weighted by molar-refractivity contribution is 0.443. The Morgan fingerprint density at radius 1 is 1.31 bits per heavy atom. The van der Waals surface area contributed by atoms with Gasteiger partial charge >= 0.3 is 0 Å². The molecule has 92 valence electrons. The molecular weight excluding hydrogens is 249 g/mol. The van der Waals surface area contributed by atoms with Crippen molar-refractivity contribution in [1.82, 2.24) is 15.3 Å². The molecule has 0 atom stereocenters. The normalized spacial score (nSPS) is 16.1. The van der Waals surface area contributed by atoms with Crippen LogP contribution in [0.2, 0.25) is 0 Å². The largest absolute Gasteiger partial charge is 0.317 e. The van der Waals surface area contributed by atoms with E-state index >= 15 is 0 Å². The Balaban J connectivity index is 0.00000112. The van der Waals surface area contributed by atoms with Crippen molar-refractivity contribution < 1.29 is 0 Å². The van der Waals surface area contributed by atoms with Crippen LogP contribution in [0.4, 0.5) is 0 Å². The van der Waals surface area contributed by atoms with E-state index in [0.717, 1.165) is 37.4 Å². The molecule has 16 heavy (non-hydrogen) atoms. The van der Waals surface area contributed by atoms with E-state index in [9.17, 15) is 4.79 Å². The molecule has 0 spiro atoms. The Labute approximate surface area is 107 Å². The number of aromatic nitrogens is 2. The maximum atomic E-state index is 11.2. The van der Waals surface area contributed by atoms with Crippen molar-refractivity contribution in [3.8, 4) is 0 Å². The minimum atomic E-state index is -0.0361. The Kier molecular flexibility index (Phi) is 6.64. The molecule has 1 aromatic heterocycles. The summed E-state index contributed by atoms with van der Waals surface area (Å²) in [7, 11) is 0. The van der Waals surface area contributed by atoms with Crippen LogP contribution in [0.1, 0.15) is 30.3 Å². The van der Waals surface area contributed by atoms with Crippen LogP contribution >= 0.6 is 24.8 Å². The average Bonchev–Trinajstić information content (AvgIpc) is 2.18. The number of aryl methyl sites for hydroxylation is 1. The van der Waals surface area contributed by atoms with E-state index in [0.29, 0.717) is 5.92 Å². The van der Waals surface area contributed by atoms with Gasteiger partial charge in [0.2, 0.25) is 0 Å². The van der Waals surface area contributed by atoms with Gasteiger partial charge < -0.3 is 10.3 Å². The topological polar surface area (TPSA) is 57.8 Å². The van der Waals surface area contributed by atoms with Crippen molar-refractivity contribution in [2.24, 2.45) is 0 Å². The first-order chi connectivity index (χ1) is 6.75. The summed E-state index contributed by atoms with van der Waals surface area (Å²) in [5.41, 5.74) is 0.772. The van der Waals surface area contributed by atoms with E-state index in [2.05, 4.69) is 15.3 Å². The lowest BCUT2D eigenvalue weighted by atomic mass is 9.97. The molecule has 1 saturated heterocycles. The van der Waals surface area contributed by atoms with Gasteiger partial charge in [0.1, 0.15) is 5.82 Å². The SMILES string of the molecule is Cc1cc(=O)[nH]c(C2CCNCC2)n1.Cl.Cl. The zero-order valence-electron chi connectivity index (χ0n) is 9.16. The molecule has 0 aliphatic carbocycles. The van der Waals surface area contributed by atoms with Crippen molar-refractivity contribution in [2.45, 2.75) is 25.7 Å². The van der Waals surface area contributed by atoms with Gasteiger partial charge in [-0.1, -0.05) is 0 Å². The maximum absolute atomic E-state index is 11.2. The molecule has 1 aliphatic rings. The van der Waals surface area contributed by atoms with Gasteiger partial charge in [0.15, 0.2) is 0 Å². The van der Waals surface area contributed by atoms with Gasteiger partial charge in [0.25, 0.3) is 5.56 Å². The van der Waals surface area contributed by atoms with Crippen LogP contribution in [0.15, 0.2) is 10.9 Å². The molecule has 0 aromatic carbocycles. The molecule has 0 bridgehead atoms. The van der Waals surface area contributed by atoms with Gasteiger partial charge in [-0.05, 0) is 32.9 Å². The van der Waals surface area contributed by atoms with Crippen molar-refractivity contribution in [3.63, 3.8) is 0 Å². The summed E-state index contributed by atoms with van der Waals surface area (Å²) in [6.07, 6.45) is 2.12. The van der Waals surface area contributed by atoms with Crippen LogP contribution in [-0.4, -0.2) is 23.1 Å². The number of rotatable bonds is 1. The first-order valence-corrected chi connectivity index (χ1v) is 5.04. The smallest absolute Gasteiger partial charge is 0.251 e. The van der Waals surface area contributed by atoms with Crippen molar-refractivity contribution >= 4 is 24.8 Å². The zero-order chi connectivity index (χ0) is 9.97. The number of nitrogens with zero attached hydrogens (tertiary/aromatic N) is 1. The summed E-state index contributed by atoms with van der Waals surface area (Å²) in [6, 6.07) is 1.53. The Hall–Kier alpha value is -0.580. The van der Waals surface area contributed by atoms with Gasteiger partial charge in [-0.3, -0.25) is 4.79 Å². The third-order valence-electron chi connectivity index (χ3n) is 2.61. The Morgan fingerprint density at radius 3 is 2.50 bits per heavy atom. The molecule has 1 aromatic rings. The number of H-pyrrole nitrogens is 1. The summed E-state index contributed by atoms with van der Waals surface area (Å²) in [5.74, 6) is 1.28. The average molecular weight is 266 g/mol. The van der Waals surface area contributed by atoms with E-state index in [4.69, 9.17) is 0 Å². The fourth-order valence-corrected chi connectivity index (χ4v) is 1.89. The fourth-order valence-electron chi connectivity index (χ4n) is 1.89. The van der Waals surface area contributed by atoms with E-state index < -0.39 is 0 Å². The van der Waals surface area contributed by atoms with Crippen molar-refractivity contribution in [3.05, 3.63) is 27.9 Å². The van der Waals surface area contributed by atoms with Crippen molar-refractivity contribution in [2.75, 3.05) is 13.1 Å². The third kappa shape index (κ3) is 3.77. The van der Waals surface area contributed by atoms with Crippen LogP contribution in [0.5, 0.6) is 0 Å². The number of hydrogen-bond acceptors (Lipinski definition) is 3. The highest BCUT2D eigenvalue weighted by Gasteiger charge is 2.17. The van der Waals surface area contributed by atoms with Crippen LogP contribution < -0.4 is 10.9 Å². The molecule has 6 heteroatoms. The predicted molar refractivity (Wildman–Crippen MR) is 68.9 cm³/mol. The molecule has 1 fully saturated rings. The summed E-state index contributed by atoms with van der Waals surface area (Å²) in [5, 5.41) is 3.29. The highest BCUT2D eigenvalue weighted by Crippen LogP contribution is 2.20. The number of halogens is 2. The Morgan fingerprint density at radius 2 is 1.94 bits per heavy atom. The molecule has 2 rings (SSSR count). The second kappa shape index (κ2) is 6.89. The summed E-state index contributed by atoms with van der Waals surface area (Å²) in [6.45, 7) is 3.89. The monoisotopic (exact) mass is 265 g/mol. The van der Waals surface area contributed by atoms with Crippen LogP contribution in [0.25, 0.3) is 0 Å². The van der Waals surface area contributed by atoms with Crippen LogP contribution in [0.3, 0.4) is 0 Å². The number of nitrogens with one attached hydrogen (secondary N) is 2. The number of aromatic amines is 1. The van der Waals surface area contributed by atoms with Gasteiger partial charge in [0, 0.05) is 17.7 Å². The lowest BCUT2D eigenvalue weighted by Gasteiger charge is -2.21. The van der Waals surface area contributed by atoms with Gasteiger partial charge in [-0.2, -0.15) is 0 Å². The lowest BCUT2D eigenvalue weighted by Crippen LogP contribution is -2.28. The maximum Gasteiger partial charge on any atom is 0.251 e. The molecule has 2 N–H and O–H groups in total. The first kappa shape index (κ1) is 15.4. The molecule has 0 radical (unpaired) electrons. The molecule has 0 unspecified atom stereocenters. The van der Waals surface area contributed by atoms with E-state index in [1.165, 1.54) is 6.07 Å². The quantitative estimate of drug-likeness (QED) is 0.807. The third-order valence-corrected chi connectivity index (χ3v) is 2.61. The summed E-state index contributed by atoms with van der Waals surface area (Å²) < 4.78 is 0. The molecule has 1 aliphatic heterocycles. The predicted octanol–water partition coefficient (Wildman–Crippen LogP) is 1.39. The highest BCUT2D eigenvalue weighted by molar-refractivity contribution is 5.85. The minimum absolute atomic E-state index is 0.